The van der Waals surface area contributed by atoms with Crippen LogP contribution in [-0.2, 0) is 4.79 Å². The average Bonchev–Trinajstić information content (AvgIpc) is 2.40. The number of benzene rings is 1. The standard InChI is InChI=1S/C13H16ClN3O3/c1-2-3-4-5-13(18)16-15-9-10-6-7-11(14)12(8-10)17(19)20/h6-9H,2-5H2,1H3,(H,16,18). The Bertz CT molecular complexity index is 518. The van der Waals surface area contributed by atoms with Crippen LogP contribution in [0.3, 0.4) is 0 Å². The van der Waals surface area contributed by atoms with Gasteiger partial charge in [-0.05, 0) is 12.5 Å². The van der Waals surface area contributed by atoms with Crippen LogP contribution >= 0.6 is 11.6 Å². The monoisotopic (exact) mass is 297 g/mol. The van der Waals surface area contributed by atoms with E-state index in [4.69, 9.17) is 11.6 Å². The fourth-order valence-electron chi connectivity index (χ4n) is 1.52. The van der Waals surface area contributed by atoms with E-state index in [2.05, 4.69) is 17.5 Å². The molecule has 0 bridgehead atoms. The van der Waals surface area contributed by atoms with Gasteiger partial charge in [-0.15, -0.1) is 0 Å². The van der Waals surface area contributed by atoms with Crippen molar-refractivity contribution in [2.24, 2.45) is 5.10 Å². The number of hydrogen-bond donors (Lipinski definition) is 1. The molecule has 7 heteroatoms. The minimum absolute atomic E-state index is 0.0655. The summed E-state index contributed by atoms with van der Waals surface area (Å²) in [7, 11) is 0. The molecule has 0 aromatic heterocycles. The van der Waals surface area contributed by atoms with Crippen LogP contribution in [0.15, 0.2) is 23.3 Å². The zero-order valence-electron chi connectivity index (χ0n) is 11.1. The molecule has 0 aliphatic carbocycles. The summed E-state index contributed by atoms with van der Waals surface area (Å²) in [6.07, 6.45) is 4.64. The molecule has 0 heterocycles. The maximum absolute atomic E-state index is 11.4. The molecule has 0 aliphatic heterocycles. The summed E-state index contributed by atoms with van der Waals surface area (Å²) >= 11 is 5.69. The minimum Gasteiger partial charge on any atom is -0.273 e. The number of halogens is 1. The largest absolute Gasteiger partial charge is 0.288 e. The molecule has 0 aliphatic rings. The smallest absolute Gasteiger partial charge is 0.273 e. The van der Waals surface area contributed by atoms with Gasteiger partial charge < -0.3 is 0 Å². The lowest BCUT2D eigenvalue weighted by Gasteiger charge is -1.99. The molecule has 0 unspecified atom stereocenters. The van der Waals surface area contributed by atoms with Gasteiger partial charge in [-0.2, -0.15) is 5.10 Å². The Morgan fingerprint density at radius 2 is 2.25 bits per heavy atom. The van der Waals surface area contributed by atoms with E-state index in [9.17, 15) is 14.9 Å². The summed E-state index contributed by atoms with van der Waals surface area (Å²) in [5, 5.41) is 14.5. The van der Waals surface area contributed by atoms with Crippen LogP contribution in [0, 0.1) is 10.1 Å². The van der Waals surface area contributed by atoms with E-state index < -0.39 is 4.92 Å². The Morgan fingerprint density at radius 3 is 2.90 bits per heavy atom. The Hall–Kier alpha value is -1.95. The fourth-order valence-corrected chi connectivity index (χ4v) is 1.71. The van der Waals surface area contributed by atoms with Crippen molar-refractivity contribution in [1.82, 2.24) is 5.43 Å². The van der Waals surface area contributed by atoms with E-state index in [-0.39, 0.29) is 16.6 Å². The number of carbonyl (C=O) groups is 1. The Kier molecular flexibility index (Phi) is 6.66. The van der Waals surface area contributed by atoms with Crippen LogP contribution in [0.25, 0.3) is 0 Å². The first-order valence-corrected chi connectivity index (χ1v) is 6.68. The van der Waals surface area contributed by atoms with Crippen LogP contribution in [0.1, 0.15) is 38.2 Å². The second-order valence-electron chi connectivity index (χ2n) is 4.22. The lowest BCUT2D eigenvalue weighted by Crippen LogP contribution is -2.16. The quantitative estimate of drug-likeness (QED) is 0.363. The van der Waals surface area contributed by atoms with E-state index in [1.54, 1.807) is 6.07 Å². The first-order valence-electron chi connectivity index (χ1n) is 6.30. The predicted molar refractivity (Wildman–Crippen MR) is 78.0 cm³/mol. The molecular formula is C13H16ClN3O3. The van der Waals surface area contributed by atoms with Gasteiger partial charge in [0.25, 0.3) is 5.69 Å². The van der Waals surface area contributed by atoms with Crippen molar-refractivity contribution in [3.8, 4) is 0 Å². The highest BCUT2D eigenvalue weighted by atomic mass is 35.5. The second-order valence-corrected chi connectivity index (χ2v) is 4.63. The number of carbonyl (C=O) groups excluding carboxylic acids is 1. The van der Waals surface area contributed by atoms with Gasteiger partial charge in [-0.25, -0.2) is 5.43 Å². The molecule has 6 nitrogen and oxygen atoms in total. The zero-order chi connectivity index (χ0) is 15.0. The molecule has 1 rings (SSSR count). The van der Waals surface area contributed by atoms with Gasteiger partial charge in [0.15, 0.2) is 0 Å². The number of nitrogens with zero attached hydrogens (tertiary/aromatic N) is 2. The van der Waals surface area contributed by atoms with Gasteiger partial charge in [0.05, 0.1) is 11.1 Å². The van der Waals surface area contributed by atoms with Gasteiger partial charge in [0, 0.05) is 18.1 Å². The van der Waals surface area contributed by atoms with Crippen molar-refractivity contribution in [3.63, 3.8) is 0 Å². The van der Waals surface area contributed by atoms with Gasteiger partial charge in [0.1, 0.15) is 5.02 Å². The van der Waals surface area contributed by atoms with Crippen molar-refractivity contribution in [1.29, 1.82) is 0 Å². The van der Waals surface area contributed by atoms with Crippen LogP contribution in [0.2, 0.25) is 5.02 Å². The summed E-state index contributed by atoms with van der Waals surface area (Å²) in [5.74, 6) is -0.168. The van der Waals surface area contributed by atoms with Crippen molar-refractivity contribution in [2.45, 2.75) is 32.6 Å². The molecule has 108 valence electrons. The highest BCUT2D eigenvalue weighted by molar-refractivity contribution is 6.32. The molecule has 0 atom stereocenters. The number of unbranched alkanes of at least 4 members (excludes halogenated alkanes) is 2. The maximum atomic E-state index is 11.4. The van der Waals surface area contributed by atoms with Crippen LogP contribution < -0.4 is 5.43 Å². The third-order valence-corrected chi connectivity index (χ3v) is 2.90. The normalized spacial score (nSPS) is 10.7. The van der Waals surface area contributed by atoms with E-state index in [0.717, 1.165) is 19.3 Å². The third kappa shape index (κ3) is 5.36. The van der Waals surface area contributed by atoms with Gasteiger partial charge in [-0.3, -0.25) is 14.9 Å². The first-order chi connectivity index (χ1) is 9.54. The van der Waals surface area contributed by atoms with E-state index in [0.29, 0.717) is 12.0 Å². The molecule has 1 aromatic rings. The minimum atomic E-state index is -0.566. The molecule has 20 heavy (non-hydrogen) atoms. The molecule has 0 fully saturated rings. The second kappa shape index (κ2) is 8.27. The topological polar surface area (TPSA) is 84.6 Å². The van der Waals surface area contributed by atoms with Gasteiger partial charge in [-0.1, -0.05) is 37.4 Å². The Balaban J connectivity index is 2.56. The highest BCUT2D eigenvalue weighted by Gasteiger charge is 2.11. The van der Waals surface area contributed by atoms with Crippen molar-refractivity contribution in [2.75, 3.05) is 0 Å². The molecule has 0 saturated carbocycles. The number of hydrazone groups is 1. The lowest BCUT2D eigenvalue weighted by atomic mass is 10.2. The van der Waals surface area contributed by atoms with E-state index in [1.165, 1.54) is 18.3 Å². The molecule has 1 amide bonds. The summed E-state index contributed by atoms with van der Waals surface area (Å²) in [5.41, 5.74) is 2.69. The summed E-state index contributed by atoms with van der Waals surface area (Å²) in [6, 6.07) is 4.31. The SMILES string of the molecule is CCCCCC(=O)NN=Cc1ccc(Cl)c([N+](=O)[O-])c1. The van der Waals surface area contributed by atoms with Crippen molar-refractivity contribution >= 4 is 29.4 Å². The maximum Gasteiger partial charge on any atom is 0.288 e. The zero-order valence-corrected chi connectivity index (χ0v) is 11.9. The predicted octanol–water partition coefficient (Wildman–Crippen LogP) is 3.28. The van der Waals surface area contributed by atoms with Crippen LogP contribution in [0.5, 0.6) is 0 Å². The highest BCUT2D eigenvalue weighted by Crippen LogP contribution is 2.24. The molecule has 0 saturated heterocycles. The lowest BCUT2D eigenvalue weighted by molar-refractivity contribution is -0.384. The summed E-state index contributed by atoms with van der Waals surface area (Å²) < 4.78 is 0. The molecular weight excluding hydrogens is 282 g/mol. The summed E-state index contributed by atoms with van der Waals surface area (Å²) in [6.45, 7) is 2.06. The van der Waals surface area contributed by atoms with Gasteiger partial charge in [0.2, 0.25) is 5.91 Å². The number of nitrogens with one attached hydrogen (secondary N) is 1. The molecule has 0 radical (unpaired) electrons. The third-order valence-electron chi connectivity index (χ3n) is 2.58. The molecule has 1 N–H and O–H groups in total. The Labute approximate surface area is 122 Å². The average molecular weight is 298 g/mol. The fraction of sp³-hybridized carbons (Fsp3) is 0.385. The van der Waals surface area contributed by atoms with Crippen LogP contribution in [0.4, 0.5) is 5.69 Å². The Morgan fingerprint density at radius 1 is 1.50 bits per heavy atom. The first kappa shape index (κ1) is 16.1. The van der Waals surface area contributed by atoms with Gasteiger partial charge >= 0.3 is 0 Å². The number of amides is 1. The van der Waals surface area contributed by atoms with Crippen molar-refractivity contribution < 1.29 is 9.72 Å². The van der Waals surface area contributed by atoms with E-state index in [1.807, 2.05) is 0 Å². The molecule has 1 aromatic carbocycles. The molecule has 0 spiro atoms. The van der Waals surface area contributed by atoms with Crippen molar-refractivity contribution in [3.05, 3.63) is 38.9 Å². The van der Waals surface area contributed by atoms with Crippen LogP contribution in [-0.4, -0.2) is 17.0 Å². The van der Waals surface area contributed by atoms with E-state index >= 15 is 0 Å². The number of rotatable bonds is 7. The summed E-state index contributed by atoms with van der Waals surface area (Å²) in [4.78, 5) is 21.5. The number of hydrogen-bond acceptors (Lipinski definition) is 4. The number of nitro benzene ring substituents is 1. The number of nitro groups is 1.